The van der Waals surface area contributed by atoms with Crippen LogP contribution in [0.4, 0.5) is 0 Å². The fraction of sp³-hybridized carbons (Fsp3) is 0.409. The number of guanidine groups is 1. The van der Waals surface area contributed by atoms with Crippen LogP contribution in [0, 0.1) is 0 Å². The highest BCUT2D eigenvalue weighted by Crippen LogP contribution is 2.27. The van der Waals surface area contributed by atoms with Crippen LogP contribution in [0.3, 0.4) is 0 Å². The zero-order chi connectivity index (χ0) is 20.6. The molecule has 0 aliphatic carbocycles. The third kappa shape index (κ3) is 5.25. The van der Waals surface area contributed by atoms with Crippen molar-refractivity contribution in [3.05, 3.63) is 58.5 Å². The Morgan fingerprint density at radius 3 is 2.87 bits per heavy atom. The summed E-state index contributed by atoms with van der Waals surface area (Å²) in [5.41, 5.74) is 2.15. The molecule has 3 heterocycles. The summed E-state index contributed by atoms with van der Waals surface area (Å²) >= 11 is 1.84. The summed E-state index contributed by atoms with van der Waals surface area (Å²) in [7, 11) is 0. The van der Waals surface area contributed by atoms with Crippen LogP contribution >= 0.6 is 11.3 Å². The van der Waals surface area contributed by atoms with Crippen LogP contribution in [0.2, 0.25) is 0 Å². The smallest absolute Gasteiger partial charge is 0.191 e. The van der Waals surface area contributed by atoms with Crippen molar-refractivity contribution in [1.29, 1.82) is 0 Å². The van der Waals surface area contributed by atoms with E-state index in [1.807, 2.05) is 23.5 Å². The number of H-pyrrole nitrogens is 1. The third-order valence-corrected chi connectivity index (χ3v) is 6.27. The number of rotatable bonds is 8. The highest BCUT2D eigenvalue weighted by atomic mass is 32.1. The molecule has 0 saturated carbocycles. The number of aromatic nitrogens is 3. The Morgan fingerprint density at radius 1 is 1.23 bits per heavy atom. The molecule has 0 radical (unpaired) electrons. The molecule has 8 heteroatoms. The van der Waals surface area contributed by atoms with E-state index in [9.17, 15) is 0 Å². The number of likely N-dealkylation sites (tertiary alicyclic amines) is 1. The highest BCUT2D eigenvalue weighted by Gasteiger charge is 2.24. The lowest BCUT2D eigenvalue weighted by atomic mass is 10.1. The minimum Gasteiger partial charge on any atom is -0.357 e. The molecule has 1 atom stereocenters. The van der Waals surface area contributed by atoms with Crippen molar-refractivity contribution in [2.75, 3.05) is 26.2 Å². The van der Waals surface area contributed by atoms with E-state index in [2.05, 4.69) is 67.3 Å². The first-order valence-corrected chi connectivity index (χ1v) is 11.5. The van der Waals surface area contributed by atoms with E-state index in [4.69, 9.17) is 4.99 Å². The molecule has 1 aliphatic rings. The van der Waals surface area contributed by atoms with E-state index in [1.54, 1.807) is 0 Å². The topological polar surface area (TPSA) is 81.2 Å². The standard InChI is InChI=1S/C22H29N7S/c1-2-23-22(24-14-17-7-5-8-18(13-17)21-26-16-27-28-21)25-15-19(20-9-6-12-30-20)29-10-3-4-11-29/h5-9,12-13,16,19H,2-4,10-11,14-15H2,1H3,(H2,23,24,25)(H,26,27,28). The molecule has 1 fully saturated rings. The number of hydrogen-bond donors (Lipinski definition) is 3. The second-order valence-corrected chi connectivity index (χ2v) is 8.36. The first-order chi connectivity index (χ1) is 14.8. The molecule has 3 aromatic rings. The summed E-state index contributed by atoms with van der Waals surface area (Å²) in [6, 6.07) is 13.0. The van der Waals surface area contributed by atoms with Crippen molar-refractivity contribution in [3.8, 4) is 11.4 Å². The maximum Gasteiger partial charge on any atom is 0.191 e. The molecular formula is C22H29N7S. The minimum atomic E-state index is 0.395. The van der Waals surface area contributed by atoms with Crippen LogP contribution in [0.1, 0.15) is 36.2 Å². The van der Waals surface area contributed by atoms with Crippen LogP contribution in [0.25, 0.3) is 11.4 Å². The van der Waals surface area contributed by atoms with Crippen LogP contribution in [0.5, 0.6) is 0 Å². The van der Waals surface area contributed by atoms with E-state index >= 15 is 0 Å². The number of nitrogens with zero attached hydrogens (tertiary/aromatic N) is 4. The third-order valence-electron chi connectivity index (χ3n) is 5.30. The molecule has 30 heavy (non-hydrogen) atoms. The number of aromatic amines is 1. The summed E-state index contributed by atoms with van der Waals surface area (Å²) in [5.74, 6) is 1.62. The number of thiophene rings is 1. The predicted molar refractivity (Wildman–Crippen MR) is 123 cm³/mol. The van der Waals surface area contributed by atoms with Gasteiger partial charge < -0.3 is 10.6 Å². The number of nitrogens with one attached hydrogen (secondary N) is 3. The van der Waals surface area contributed by atoms with Gasteiger partial charge in [-0.15, -0.1) is 11.3 Å². The number of benzene rings is 1. The Hall–Kier alpha value is -2.71. The van der Waals surface area contributed by atoms with Crippen molar-refractivity contribution < 1.29 is 0 Å². The first-order valence-electron chi connectivity index (χ1n) is 10.6. The van der Waals surface area contributed by atoms with E-state index in [1.165, 1.54) is 37.1 Å². The van der Waals surface area contributed by atoms with E-state index in [0.29, 0.717) is 12.6 Å². The Kier molecular flexibility index (Phi) is 7.10. The summed E-state index contributed by atoms with van der Waals surface area (Å²) in [4.78, 5) is 13.1. The molecule has 3 N–H and O–H groups in total. The Balaban J connectivity index is 1.43. The van der Waals surface area contributed by atoms with Gasteiger partial charge in [-0.1, -0.05) is 24.3 Å². The maximum atomic E-state index is 4.82. The van der Waals surface area contributed by atoms with Gasteiger partial charge in [0, 0.05) is 23.5 Å². The number of hydrogen-bond acceptors (Lipinski definition) is 5. The van der Waals surface area contributed by atoms with Gasteiger partial charge in [0.2, 0.25) is 0 Å². The molecule has 158 valence electrons. The highest BCUT2D eigenvalue weighted by molar-refractivity contribution is 7.10. The Labute approximate surface area is 181 Å². The molecule has 0 amide bonds. The van der Waals surface area contributed by atoms with Gasteiger partial charge >= 0.3 is 0 Å². The molecule has 1 unspecified atom stereocenters. The van der Waals surface area contributed by atoms with Gasteiger partial charge in [0.15, 0.2) is 11.8 Å². The first kappa shape index (κ1) is 20.6. The molecule has 7 nitrogen and oxygen atoms in total. The molecule has 1 aliphatic heterocycles. The fourth-order valence-electron chi connectivity index (χ4n) is 3.81. The van der Waals surface area contributed by atoms with Crippen molar-refractivity contribution in [3.63, 3.8) is 0 Å². The molecule has 0 spiro atoms. The average molecular weight is 424 g/mol. The summed E-state index contributed by atoms with van der Waals surface area (Å²) in [5, 5.41) is 16.0. The van der Waals surface area contributed by atoms with Crippen LogP contribution in [-0.2, 0) is 6.54 Å². The number of aliphatic imine (C=N–C) groups is 1. The van der Waals surface area contributed by atoms with Gasteiger partial charge in [0.05, 0.1) is 12.6 Å². The monoisotopic (exact) mass is 423 g/mol. The lowest BCUT2D eigenvalue weighted by Crippen LogP contribution is -2.42. The van der Waals surface area contributed by atoms with Gasteiger partial charge in [-0.05, 0) is 55.9 Å². The second-order valence-electron chi connectivity index (χ2n) is 7.38. The van der Waals surface area contributed by atoms with E-state index in [-0.39, 0.29) is 0 Å². The molecular weight excluding hydrogens is 394 g/mol. The predicted octanol–water partition coefficient (Wildman–Crippen LogP) is 3.43. The fourth-order valence-corrected chi connectivity index (χ4v) is 4.67. The normalized spacial score (nSPS) is 16.0. The van der Waals surface area contributed by atoms with Gasteiger partial charge in [-0.3, -0.25) is 10.00 Å². The molecule has 1 saturated heterocycles. The van der Waals surface area contributed by atoms with Crippen molar-refractivity contribution >= 4 is 17.3 Å². The zero-order valence-corrected chi connectivity index (χ0v) is 18.2. The van der Waals surface area contributed by atoms with Crippen LogP contribution in [0.15, 0.2) is 53.1 Å². The van der Waals surface area contributed by atoms with Crippen LogP contribution < -0.4 is 10.6 Å². The molecule has 4 rings (SSSR count). The van der Waals surface area contributed by atoms with Crippen molar-refractivity contribution in [2.45, 2.75) is 32.4 Å². The van der Waals surface area contributed by atoms with Gasteiger partial charge in [-0.2, -0.15) is 5.10 Å². The zero-order valence-electron chi connectivity index (χ0n) is 17.3. The molecule has 0 bridgehead atoms. The van der Waals surface area contributed by atoms with E-state index in [0.717, 1.165) is 36.0 Å². The molecule has 2 aromatic heterocycles. The lowest BCUT2D eigenvalue weighted by Gasteiger charge is -2.27. The van der Waals surface area contributed by atoms with E-state index < -0.39 is 0 Å². The van der Waals surface area contributed by atoms with Crippen molar-refractivity contribution in [1.82, 2.24) is 30.7 Å². The average Bonchev–Trinajstić information content (AvgIpc) is 3.56. The minimum absolute atomic E-state index is 0.395. The van der Waals surface area contributed by atoms with Gasteiger partial charge in [-0.25, -0.2) is 9.98 Å². The van der Waals surface area contributed by atoms with Crippen molar-refractivity contribution in [2.24, 2.45) is 4.99 Å². The molecule has 1 aromatic carbocycles. The summed E-state index contributed by atoms with van der Waals surface area (Å²) in [6.45, 7) is 6.73. The van der Waals surface area contributed by atoms with Gasteiger partial charge in [0.1, 0.15) is 6.33 Å². The maximum absolute atomic E-state index is 4.82. The largest absolute Gasteiger partial charge is 0.357 e. The Bertz CT molecular complexity index is 915. The Morgan fingerprint density at radius 2 is 2.13 bits per heavy atom. The van der Waals surface area contributed by atoms with Crippen LogP contribution in [-0.4, -0.2) is 52.2 Å². The lowest BCUT2D eigenvalue weighted by molar-refractivity contribution is 0.249. The van der Waals surface area contributed by atoms with Gasteiger partial charge in [0.25, 0.3) is 0 Å². The SMILES string of the molecule is CCNC(=NCc1cccc(-c2ncn[nH]2)c1)NCC(c1cccs1)N1CCCC1. The second kappa shape index (κ2) is 10.4. The summed E-state index contributed by atoms with van der Waals surface area (Å²) in [6.07, 6.45) is 4.10. The summed E-state index contributed by atoms with van der Waals surface area (Å²) < 4.78 is 0. The quantitative estimate of drug-likeness (QED) is 0.382.